The topological polar surface area (TPSA) is 66.5 Å². The summed E-state index contributed by atoms with van der Waals surface area (Å²) in [5.74, 6) is 0.458. The maximum absolute atomic E-state index is 12.7. The summed E-state index contributed by atoms with van der Waals surface area (Å²) in [5.41, 5.74) is 0.530. The highest BCUT2D eigenvalue weighted by atomic mass is 32.2. The van der Waals surface area contributed by atoms with Crippen molar-refractivity contribution in [3.05, 3.63) is 29.8 Å². The predicted molar refractivity (Wildman–Crippen MR) is 100 cm³/mol. The molecule has 0 saturated heterocycles. The van der Waals surface area contributed by atoms with Crippen molar-refractivity contribution < 1.29 is 13.2 Å². The SMILES string of the molecule is CCC(C)NS(=O)(=O)c1ccc(C(=O)N(C)C2CCCCC2C)cc1. The lowest BCUT2D eigenvalue weighted by molar-refractivity contribution is 0.0629. The molecular weight excluding hydrogens is 336 g/mol. The zero-order valence-corrected chi connectivity index (χ0v) is 16.5. The Hall–Kier alpha value is -1.40. The van der Waals surface area contributed by atoms with Crippen molar-refractivity contribution in [2.24, 2.45) is 5.92 Å². The molecule has 2 rings (SSSR count). The molecule has 140 valence electrons. The Balaban J connectivity index is 2.12. The van der Waals surface area contributed by atoms with Crippen LogP contribution in [0.15, 0.2) is 29.2 Å². The Bertz CT molecular complexity index is 685. The average molecular weight is 367 g/mol. The first-order chi connectivity index (χ1) is 11.8. The van der Waals surface area contributed by atoms with Gasteiger partial charge < -0.3 is 4.90 Å². The molecule has 0 aromatic heterocycles. The van der Waals surface area contributed by atoms with E-state index in [1.807, 2.05) is 25.8 Å². The summed E-state index contributed by atoms with van der Waals surface area (Å²) in [6.07, 6.45) is 5.30. The molecule has 1 aliphatic rings. The smallest absolute Gasteiger partial charge is 0.253 e. The van der Waals surface area contributed by atoms with E-state index in [2.05, 4.69) is 11.6 Å². The molecule has 3 atom stereocenters. The summed E-state index contributed by atoms with van der Waals surface area (Å²) in [5, 5.41) is 0. The molecule has 3 unspecified atom stereocenters. The number of carbonyl (C=O) groups excluding carboxylic acids is 1. The van der Waals surface area contributed by atoms with E-state index in [9.17, 15) is 13.2 Å². The molecule has 0 aliphatic heterocycles. The lowest BCUT2D eigenvalue weighted by atomic mass is 9.85. The summed E-state index contributed by atoms with van der Waals surface area (Å²) in [4.78, 5) is 14.8. The Kier molecular flexibility index (Phi) is 6.63. The molecular formula is C19H30N2O3S. The number of sulfonamides is 1. The normalized spacial score (nSPS) is 22.4. The van der Waals surface area contributed by atoms with Crippen molar-refractivity contribution in [3.63, 3.8) is 0 Å². The minimum atomic E-state index is -3.54. The Morgan fingerprint density at radius 2 is 1.84 bits per heavy atom. The first-order valence-corrected chi connectivity index (χ1v) is 10.6. The second kappa shape index (κ2) is 8.32. The lowest BCUT2D eigenvalue weighted by Crippen LogP contribution is -2.42. The number of nitrogens with one attached hydrogen (secondary N) is 1. The lowest BCUT2D eigenvalue weighted by Gasteiger charge is -2.36. The number of carbonyl (C=O) groups is 1. The second-order valence-electron chi connectivity index (χ2n) is 7.20. The number of benzene rings is 1. The molecule has 6 heteroatoms. The van der Waals surface area contributed by atoms with Crippen LogP contribution in [0.5, 0.6) is 0 Å². The van der Waals surface area contributed by atoms with Gasteiger partial charge in [-0.15, -0.1) is 0 Å². The van der Waals surface area contributed by atoms with Crippen LogP contribution < -0.4 is 4.72 Å². The van der Waals surface area contributed by atoms with E-state index in [0.29, 0.717) is 11.5 Å². The largest absolute Gasteiger partial charge is 0.338 e. The number of nitrogens with zero attached hydrogens (tertiary/aromatic N) is 1. The van der Waals surface area contributed by atoms with Gasteiger partial charge in [0.05, 0.1) is 4.90 Å². The van der Waals surface area contributed by atoms with Gasteiger partial charge in [0.25, 0.3) is 5.91 Å². The van der Waals surface area contributed by atoms with Crippen LogP contribution in [0, 0.1) is 5.92 Å². The van der Waals surface area contributed by atoms with Gasteiger partial charge in [0.1, 0.15) is 0 Å². The van der Waals surface area contributed by atoms with E-state index in [1.165, 1.54) is 18.6 Å². The molecule has 1 saturated carbocycles. The predicted octanol–water partition coefficient (Wildman–Crippen LogP) is 3.41. The van der Waals surface area contributed by atoms with Gasteiger partial charge in [0.2, 0.25) is 10.0 Å². The van der Waals surface area contributed by atoms with Crippen LogP contribution >= 0.6 is 0 Å². The zero-order chi connectivity index (χ0) is 18.6. The van der Waals surface area contributed by atoms with Crippen LogP contribution in [0.4, 0.5) is 0 Å². The molecule has 1 aliphatic carbocycles. The highest BCUT2D eigenvalue weighted by Crippen LogP contribution is 2.28. The van der Waals surface area contributed by atoms with E-state index in [1.54, 1.807) is 12.1 Å². The van der Waals surface area contributed by atoms with Crippen molar-refractivity contribution in [2.75, 3.05) is 7.05 Å². The van der Waals surface area contributed by atoms with Gasteiger partial charge in [-0.25, -0.2) is 13.1 Å². The van der Waals surface area contributed by atoms with E-state index >= 15 is 0 Å². The maximum Gasteiger partial charge on any atom is 0.253 e. The molecule has 0 heterocycles. The summed E-state index contributed by atoms with van der Waals surface area (Å²) in [7, 11) is -1.69. The minimum absolute atomic E-state index is 0.0439. The van der Waals surface area contributed by atoms with Crippen LogP contribution in [-0.4, -0.2) is 38.4 Å². The van der Waals surface area contributed by atoms with Crippen LogP contribution in [0.25, 0.3) is 0 Å². The van der Waals surface area contributed by atoms with Gasteiger partial charge in [0.15, 0.2) is 0 Å². The van der Waals surface area contributed by atoms with E-state index < -0.39 is 10.0 Å². The molecule has 25 heavy (non-hydrogen) atoms. The summed E-state index contributed by atoms with van der Waals surface area (Å²) in [6, 6.07) is 6.38. The Labute approximate surface area is 151 Å². The van der Waals surface area contributed by atoms with Gasteiger partial charge >= 0.3 is 0 Å². The van der Waals surface area contributed by atoms with Crippen LogP contribution in [-0.2, 0) is 10.0 Å². The highest BCUT2D eigenvalue weighted by Gasteiger charge is 2.28. The first kappa shape index (κ1) is 19.9. The summed E-state index contributed by atoms with van der Waals surface area (Å²) >= 11 is 0. The molecule has 0 spiro atoms. The minimum Gasteiger partial charge on any atom is -0.338 e. The van der Waals surface area contributed by atoms with Gasteiger partial charge in [-0.2, -0.15) is 0 Å². The Morgan fingerprint density at radius 3 is 2.40 bits per heavy atom. The Morgan fingerprint density at radius 1 is 1.24 bits per heavy atom. The summed E-state index contributed by atoms with van der Waals surface area (Å²) in [6.45, 7) is 5.95. The number of amides is 1. The zero-order valence-electron chi connectivity index (χ0n) is 15.7. The summed E-state index contributed by atoms with van der Waals surface area (Å²) < 4.78 is 27.2. The fourth-order valence-corrected chi connectivity index (χ4v) is 4.75. The van der Waals surface area contributed by atoms with Crippen molar-refractivity contribution in [1.29, 1.82) is 0 Å². The van der Waals surface area contributed by atoms with Crippen molar-refractivity contribution in [3.8, 4) is 0 Å². The van der Waals surface area contributed by atoms with Crippen molar-refractivity contribution >= 4 is 15.9 Å². The molecule has 0 bridgehead atoms. The standard InChI is InChI=1S/C19H30N2O3S/c1-5-15(3)20-25(23,24)17-12-10-16(11-13-17)19(22)21(4)18-9-7-6-8-14(18)2/h10-15,18,20H,5-9H2,1-4H3. The van der Waals surface area contributed by atoms with E-state index in [0.717, 1.165) is 25.7 Å². The van der Waals surface area contributed by atoms with Gasteiger partial charge in [-0.3, -0.25) is 4.79 Å². The molecule has 1 aromatic carbocycles. The highest BCUT2D eigenvalue weighted by molar-refractivity contribution is 7.89. The first-order valence-electron chi connectivity index (χ1n) is 9.15. The molecule has 0 radical (unpaired) electrons. The molecule has 1 amide bonds. The second-order valence-corrected chi connectivity index (χ2v) is 8.91. The monoisotopic (exact) mass is 366 g/mol. The van der Waals surface area contributed by atoms with Crippen molar-refractivity contribution in [2.45, 2.75) is 69.9 Å². The van der Waals surface area contributed by atoms with Gasteiger partial charge in [-0.05, 0) is 56.4 Å². The van der Waals surface area contributed by atoms with Crippen molar-refractivity contribution in [1.82, 2.24) is 9.62 Å². The third-order valence-electron chi connectivity index (χ3n) is 5.26. The number of rotatable bonds is 6. The van der Waals surface area contributed by atoms with Crippen LogP contribution in [0.1, 0.15) is 63.2 Å². The third-order valence-corrected chi connectivity index (χ3v) is 6.87. The number of hydrogen-bond donors (Lipinski definition) is 1. The number of hydrogen-bond acceptors (Lipinski definition) is 3. The fourth-order valence-electron chi connectivity index (χ4n) is 3.42. The third kappa shape index (κ3) is 4.82. The average Bonchev–Trinajstić information content (AvgIpc) is 2.60. The van der Waals surface area contributed by atoms with E-state index in [4.69, 9.17) is 0 Å². The molecule has 5 nitrogen and oxygen atoms in total. The fraction of sp³-hybridized carbons (Fsp3) is 0.632. The quantitative estimate of drug-likeness (QED) is 0.839. The molecule has 1 aromatic rings. The van der Waals surface area contributed by atoms with Crippen LogP contribution in [0.2, 0.25) is 0 Å². The van der Waals surface area contributed by atoms with Crippen LogP contribution in [0.3, 0.4) is 0 Å². The van der Waals surface area contributed by atoms with Gasteiger partial charge in [-0.1, -0.05) is 26.7 Å². The molecule has 1 N–H and O–H groups in total. The molecule has 1 fully saturated rings. The van der Waals surface area contributed by atoms with E-state index in [-0.39, 0.29) is 22.9 Å². The maximum atomic E-state index is 12.7. The van der Waals surface area contributed by atoms with Gasteiger partial charge in [0, 0.05) is 24.7 Å².